The van der Waals surface area contributed by atoms with Gasteiger partial charge in [-0.25, -0.2) is 4.98 Å². The Morgan fingerprint density at radius 3 is 2.53 bits per heavy atom. The summed E-state index contributed by atoms with van der Waals surface area (Å²) in [6.45, 7) is 4.28. The van der Waals surface area contributed by atoms with Crippen LogP contribution in [0, 0.1) is 0 Å². The van der Waals surface area contributed by atoms with Gasteiger partial charge >= 0.3 is 0 Å². The molecular formula is C22H22ClN3O3S. The number of Topliss-reactive ketones (excluding diaryl/α,β-unsaturated/α-hetero) is 1. The minimum atomic E-state index is -0.135. The molecular weight excluding hydrogens is 422 g/mol. The Labute approximate surface area is 183 Å². The van der Waals surface area contributed by atoms with Crippen LogP contribution < -0.4 is 10.9 Å². The van der Waals surface area contributed by atoms with Crippen LogP contribution in [0.1, 0.15) is 37.0 Å². The first-order chi connectivity index (χ1) is 14.4. The maximum absolute atomic E-state index is 12.9. The Morgan fingerprint density at radius 1 is 1.13 bits per heavy atom. The van der Waals surface area contributed by atoms with Gasteiger partial charge in [0.05, 0.1) is 16.7 Å². The van der Waals surface area contributed by atoms with Crippen LogP contribution in [-0.4, -0.2) is 27.0 Å². The molecule has 3 aromatic rings. The quantitative estimate of drug-likeness (QED) is 0.307. The van der Waals surface area contributed by atoms with Crippen LogP contribution in [0.5, 0.6) is 0 Å². The van der Waals surface area contributed by atoms with Gasteiger partial charge in [0.25, 0.3) is 5.56 Å². The molecule has 1 aromatic heterocycles. The number of hydrogen-bond donors (Lipinski definition) is 1. The number of aromatic nitrogens is 2. The molecule has 1 N–H and O–H groups in total. The zero-order valence-corrected chi connectivity index (χ0v) is 18.3. The van der Waals surface area contributed by atoms with Crippen molar-refractivity contribution < 1.29 is 9.59 Å². The van der Waals surface area contributed by atoms with Crippen molar-refractivity contribution in [2.45, 2.75) is 38.4 Å². The molecule has 0 unspecified atom stereocenters. The number of carbonyl (C=O) groups is 2. The first-order valence-corrected chi connectivity index (χ1v) is 11.0. The maximum atomic E-state index is 12.9. The summed E-state index contributed by atoms with van der Waals surface area (Å²) in [6.07, 6.45) is 1.16. The Hall–Kier alpha value is -2.64. The van der Waals surface area contributed by atoms with Gasteiger partial charge in [0.15, 0.2) is 10.9 Å². The third-order valence-electron chi connectivity index (χ3n) is 4.47. The maximum Gasteiger partial charge on any atom is 0.262 e. The van der Waals surface area contributed by atoms with E-state index in [0.717, 1.165) is 6.42 Å². The number of nitrogens with one attached hydrogen (secondary N) is 1. The second-order valence-corrected chi connectivity index (χ2v) is 8.08. The van der Waals surface area contributed by atoms with Gasteiger partial charge in [0.2, 0.25) is 5.91 Å². The Bertz CT molecular complexity index is 1140. The van der Waals surface area contributed by atoms with Gasteiger partial charge in [-0.1, -0.05) is 37.2 Å². The van der Waals surface area contributed by atoms with Gasteiger partial charge in [-0.3, -0.25) is 19.0 Å². The molecule has 0 saturated heterocycles. The monoisotopic (exact) mass is 443 g/mol. The summed E-state index contributed by atoms with van der Waals surface area (Å²) in [5.74, 6) is -0.0269. The fourth-order valence-corrected chi connectivity index (χ4v) is 3.99. The highest BCUT2D eigenvalue weighted by atomic mass is 35.5. The summed E-state index contributed by atoms with van der Waals surface area (Å²) < 4.78 is 1.61. The number of amides is 1. The fourth-order valence-electron chi connectivity index (χ4n) is 2.91. The minimum Gasteiger partial charge on any atom is -0.326 e. The molecule has 156 valence electrons. The summed E-state index contributed by atoms with van der Waals surface area (Å²) in [5.41, 5.74) is 1.57. The number of ketones is 1. The number of hydrogen-bond acceptors (Lipinski definition) is 5. The van der Waals surface area contributed by atoms with Crippen LogP contribution in [0.2, 0.25) is 5.02 Å². The van der Waals surface area contributed by atoms with Gasteiger partial charge in [-0.2, -0.15) is 0 Å². The van der Waals surface area contributed by atoms with Gasteiger partial charge in [-0.05, 0) is 48.9 Å². The fraction of sp³-hybridized carbons (Fsp3) is 0.273. The van der Waals surface area contributed by atoms with E-state index in [9.17, 15) is 14.4 Å². The molecule has 0 atom stereocenters. The molecule has 3 rings (SSSR count). The topological polar surface area (TPSA) is 81.1 Å². The zero-order chi connectivity index (χ0) is 21.7. The van der Waals surface area contributed by atoms with E-state index in [2.05, 4.69) is 10.3 Å². The standard InChI is InChI=1S/C22H22ClN3O3S/c1-3-11-26-21(29)17-10-7-15(23)12-18(17)25-22(26)30-13-19(27)14-5-8-16(9-6-14)24-20(28)4-2/h5-10,12H,3-4,11,13H2,1-2H3,(H,24,28). The smallest absolute Gasteiger partial charge is 0.262 e. The summed E-state index contributed by atoms with van der Waals surface area (Å²) in [7, 11) is 0. The van der Waals surface area contributed by atoms with Crippen molar-refractivity contribution in [2.75, 3.05) is 11.1 Å². The van der Waals surface area contributed by atoms with Crippen LogP contribution >= 0.6 is 23.4 Å². The largest absolute Gasteiger partial charge is 0.326 e. The van der Waals surface area contributed by atoms with E-state index in [4.69, 9.17) is 11.6 Å². The molecule has 30 heavy (non-hydrogen) atoms. The molecule has 0 bridgehead atoms. The first-order valence-electron chi connectivity index (χ1n) is 9.69. The molecule has 0 spiro atoms. The number of benzene rings is 2. The normalized spacial score (nSPS) is 10.9. The van der Waals surface area contributed by atoms with Gasteiger partial charge in [-0.15, -0.1) is 0 Å². The molecule has 2 aromatic carbocycles. The van der Waals surface area contributed by atoms with E-state index in [-0.39, 0.29) is 23.0 Å². The van der Waals surface area contributed by atoms with E-state index in [1.165, 1.54) is 11.8 Å². The Balaban J connectivity index is 1.80. The SMILES string of the molecule is CCCn1c(SCC(=O)c2ccc(NC(=O)CC)cc2)nc2cc(Cl)ccc2c1=O. The third-order valence-corrected chi connectivity index (χ3v) is 5.69. The number of halogens is 1. The van der Waals surface area contributed by atoms with Crippen molar-refractivity contribution in [2.24, 2.45) is 0 Å². The molecule has 0 aliphatic heterocycles. The predicted octanol–water partition coefficient (Wildman–Crippen LogP) is 4.78. The summed E-state index contributed by atoms with van der Waals surface area (Å²) in [6, 6.07) is 11.8. The molecule has 0 aliphatic rings. The molecule has 1 heterocycles. The second-order valence-electron chi connectivity index (χ2n) is 6.70. The van der Waals surface area contributed by atoms with Gasteiger partial charge < -0.3 is 5.32 Å². The number of rotatable bonds is 8. The third kappa shape index (κ3) is 5.09. The molecule has 0 radical (unpaired) electrons. The average molecular weight is 444 g/mol. The Morgan fingerprint density at radius 2 is 1.87 bits per heavy atom. The van der Waals surface area contributed by atoms with Crippen molar-refractivity contribution >= 4 is 51.6 Å². The summed E-state index contributed by atoms with van der Waals surface area (Å²) in [5, 5.41) is 4.26. The highest BCUT2D eigenvalue weighted by Gasteiger charge is 2.14. The van der Waals surface area contributed by atoms with Crippen LogP contribution in [0.25, 0.3) is 10.9 Å². The molecule has 1 amide bonds. The lowest BCUT2D eigenvalue weighted by Crippen LogP contribution is -2.23. The van der Waals surface area contributed by atoms with E-state index < -0.39 is 0 Å². The zero-order valence-electron chi connectivity index (χ0n) is 16.8. The van der Waals surface area contributed by atoms with Crippen LogP contribution in [0.15, 0.2) is 52.4 Å². The van der Waals surface area contributed by atoms with Crippen LogP contribution in [-0.2, 0) is 11.3 Å². The van der Waals surface area contributed by atoms with E-state index >= 15 is 0 Å². The van der Waals surface area contributed by atoms with Crippen molar-refractivity contribution in [3.63, 3.8) is 0 Å². The van der Waals surface area contributed by atoms with E-state index in [0.29, 0.717) is 45.3 Å². The molecule has 0 saturated carbocycles. The lowest BCUT2D eigenvalue weighted by Gasteiger charge is -2.12. The van der Waals surface area contributed by atoms with Crippen LogP contribution in [0.4, 0.5) is 5.69 Å². The second kappa shape index (κ2) is 9.91. The van der Waals surface area contributed by atoms with Crippen molar-refractivity contribution in [1.29, 1.82) is 0 Å². The van der Waals surface area contributed by atoms with E-state index in [1.807, 2.05) is 6.92 Å². The lowest BCUT2D eigenvalue weighted by molar-refractivity contribution is -0.115. The number of thioether (sulfide) groups is 1. The van der Waals surface area contributed by atoms with Crippen molar-refractivity contribution in [3.05, 3.63) is 63.4 Å². The predicted molar refractivity (Wildman–Crippen MR) is 122 cm³/mol. The van der Waals surface area contributed by atoms with Gasteiger partial charge in [0, 0.05) is 29.2 Å². The molecule has 6 nitrogen and oxygen atoms in total. The van der Waals surface area contributed by atoms with Crippen LogP contribution in [0.3, 0.4) is 0 Å². The number of carbonyl (C=O) groups excluding carboxylic acids is 2. The van der Waals surface area contributed by atoms with Gasteiger partial charge in [0.1, 0.15) is 0 Å². The summed E-state index contributed by atoms with van der Waals surface area (Å²) >= 11 is 7.28. The highest BCUT2D eigenvalue weighted by Crippen LogP contribution is 2.22. The molecule has 0 fully saturated rings. The minimum absolute atomic E-state index is 0.0824. The molecule has 0 aliphatic carbocycles. The molecule has 8 heteroatoms. The number of fused-ring (bicyclic) bond motifs is 1. The van der Waals surface area contributed by atoms with Crippen molar-refractivity contribution in [1.82, 2.24) is 9.55 Å². The van der Waals surface area contributed by atoms with E-state index in [1.54, 1.807) is 54.0 Å². The average Bonchev–Trinajstić information content (AvgIpc) is 2.74. The first kappa shape index (κ1) is 22.1. The number of anilines is 1. The highest BCUT2D eigenvalue weighted by molar-refractivity contribution is 7.99. The van der Waals surface area contributed by atoms with Crippen molar-refractivity contribution in [3.8, 4) is 0 Å². The Kier molecular flexibility index (Phi) is 7.29. The lowest BCUT2D eigenvalue weighted by atomic mass is 10.1. The number of nitrogens with zero attached hydrogens (tertiary/aromatic N) is 2. The summed E-state index contributed by atoms with van der Waals surface area (Å²) in [4.78, 5) is 41.5.